The number of alkyl carbamates (subject to hydrolysis) is 1. The first-order valence-electron chi connectivity index (χ1n) is 28.0. The number of hydrogen-bond donors (Lipinski definition) is 6. The molecule has 2 rings (SSSR count). The van der Waals surface area contributed by atoms with Crippen molar-refractivity contribution >= 4 is 23.8 Å². The van der Waals surface area contributed by atoms with Gasteiger partial charge in [-0.3, -0.25) is 14.4 Å². The number of aliphatic hydroxyl groups is 3. The molecule has 1 aliphatic heterocycles. The minimum Gasteiger partial charge on any atom is -0.445 e. The molecule has 1 aromatic carbocycles. The molecule has 0 radical (unpaired) electrons. The van der Waals surface area contributed by atoms with E-state index in [1.165, 1.54) is 162 Å². The number of nitrogens with zero attached hydrogens (tertiary/aromatic N) is 1. The molecule has 0 aromatic heterocycles. The highest BCUT2D eigenvalue weighted by molar-refractivity contribution is 5.91. The number of amides is 4. The van der Waals surface area contributed by atoms with E-state index >= 15 is 0 Å². The lowest BCUT2D eigenvalue weighted by Gasteiger charge is -2.47. The molecule has 1 heterocycles. The Labute approximate surface area is 418 Å². The summed E-state index contributed by atoms with van der Waals surface area (Å²) in [5.41, 5.74) is 0.785. The van der Waals surface area contributed by atoms with E-state index in [0.717, 1.165) is 44.1 Å². The molecule has 0 aliphatic carbocycles. The molecule has 0 unspecified atom stereocenters. The third-order valence-electron chi connectivity index (χ3n) is 13.8. The van der Waals surface area contributed by atoms with Crippen molar-refractivity contribution in [1.82, 2.24) is 20.9 Å². The number of carbonyl (C=O) groups is 4. The van der Waals surface area contributed by atoms with Gasteiger partial charge in [0, 0.05) is 13.0 Å². The molecule has 4 amide bonds. The van der Waals surface area contributed by atoms with Gasteiger partial charge in [0.25, 0.3) is 0 Å². The van der Waals surface area contributed by atoms with E-state index in [4.69, 9.17) is 9.47 Å². The Morgan fingerprint density at radius 2 is 1.00 bits per heavy atom. The number of unbranched alkanes of at least 4 members (excludes halogenated alkanes) is 29. The zero-order chi connectivity index (χ0) is 50.3. The second kappa shape index (κ2) is 40.3. The van der Waals surface area contributed by atoms with E-state index in [9.17, 15) is 34.5 Å². The van der Waals surface area contributed by atoms with Gasteiger partial charge in [0.1, 0.15) is 43.0 Å². The molecule has 1 saturated heterocycles. The number of nitrogens with one attached hydrogen (secondary N) is 3. The van der Waals surface area contributed by atoms with Gasteiger partial charge in [-0.1, -0.05) is 230 Å². The van der Waals surface area contributed by atoms with Gasteiger partial charge in [0.2, 0.25) is 17.7 Å². The van der Waals surface area contributed by atoms with Crippen molar-refractivity contribution in [3.63, 3.8) is 0 Å². The topological polar surface area (TPSA) is 187 Å². The molecule has 1 aromatic rings. The second-order valence-electron chi connectivity index (χ2n) is 20.0. The summed E-state index contributed by atoms with van der Waals surface area (Å²) in [5, 5.41) is 40.4. The summed E-state index contributed by atoms with van der Waals surface area (Å²) in [6.07, 6.45) is 31.7. The maximum absolute atomic E-state index is 14.2. The Bertz CT molecular complexity index is 1450. The van der Waals surface area contributed by atoms with Crippen LogP contribution < -0.4 is 16.0 Å². The van der Waals surface area contributed by atoms with Crippen LogP contribution in [-0.4, -0.2) is 99.9 Å². The lowest BCUT2D eigenvalue weighted by Crippen LogP contribution is -2.70. The third-order valence-corrected chi connectivity index (χ3v) is 13.8. The summed E-state index contributed by atoms with van der Waals surface area (Å²) < 4.78 is 11.4. The van der Waals surface area contributed by atoms with Gasteiger partial charge >= 0.3 is 6.09 Å². The molecule has 0 saturated carbocycles. The fourth-order valence-electron chi connectivity index (χ4n) is 9.24. The van der Waals surface area contributed by atoms with Crippen LogP contribution in [0.3, 0.4) is 0 Å². The first kappa shape index (κ1) is 61.9. The average molecular weight is 973 g/mol. The Kier molecular flexibility index (Phi) is 36.2. The highest BCUT2D eigenvalue weighted by Gasteiger charge is 2.48. The predicted octanol–water partition coefficient (Wildman–Crippen LogP) is 11.1. The summed E-state index contributed by atoms with van der Waals surface area (Å²) >= 11 is 0. The minimum atomic E-state index is -1.58. The lowest BCUT2D eigenvalue weighted by atomic mass is 9.94. The molecular formula is C56H100N4O9. The summed E-state index contributed by atoms with van der Waals surface area (Å²) in [6, 6.07) is 5.68. The van der Waals surface area contributed by atoms with E-state index in [0.29, 0.717) is 19.4 Å². The fourth-order valence-corrected chi connectivity index (χ4v) is 9.24. The van der Waals surface area contributed by atoms with E-state index in [-0.39, 0.29) is 18.9 Å². The maximum atomic E-state index is 14.2. The molecule has 1 aliphatic rings. The Morgan fingerprint density at radius 1 is 0.580 bits per heavy atom. The second-order valence-corrected chi connectivity index (χ2v) is 20.0. The van der Waals surface area contributed by atoms with Gasteiger partial charge < -0.3 is 45.6 Å². The monoisotopic (exact) mass is 973 g/mol. The number of ether oxygens (including phenoxy) is 2. The quantitative estimate of drug-likeness (QED) is 0.0347. The van der Waals surface area contributed by atoms with Crippen molar-refractivity contribution in [1.29, 1.82) is 0 Å². The van der Waals surface area contributed by atoms with Crippen LogP contribution in [0.15, 0.2) is 30.3 Å². The molecule has 0 spiro atoms. The van der Waals surface area contributed by atoms with Crippen LogP contribution in [0, 0.1) is 0 Å². The SMILES string of the molecule is CCCCCCCCCCCCCCCCCCN(C(=O)CCCCCCCCCCCCCCCCC)[C@@H]1O[C@H](CO)[C@@H](O)[C@H](O)[C@H]1NC(=O)[C@H](C)NC(=O)[C@H](C)NC(=O)OCc1ccccc1. The van der Waals surface area contributed by atoms with Crippen molar-refractivity contribution in [2.24, 2.45) is 0 Å². The van der Waals surface area contributed by atoms with Crippen molar-refractivity contribution in [2.45, 2.75) is 282 Å². The molecule has 0 bridgehead atoms. The lowest BCUT2D eigenvalue weighted by molar-refractivity contribution is -0.231. The Balaban J connectivity index is 1.96. The van der Waals surface area contributed by atoms with Gasteiger partial charge in [0.05, 0.1) is 6.61 Å². The first-order chi connectivity index (χ1) is 33.5. The number of aliphatic hydroxyl groups excluding tert-OH is 3. The molecule has 13 nitrogen and oxygen atoms in total. The van der Waals surface area contributed by atoms with Gasteiger partial charge in [-0.15, -0.1) is 0 Å². The smallest absolute Gasteiger partial charge is 0.408 e. The zero-order valence-corrected chi connectivity index (χ0v) is 43.9. The van der Waals surface area contributed by atoms with Crippen molar-refractivity contribution in [3.8, 4) is 0 Å². The Morgan fingerprint density at radius 3 is 1.45 bits per heavy atom. The third kappa shape index (κ3) is 28.4. The average Bonchev–Trinajstić information content (AvgIpc) is 3.35. The molecule has 69 heavy (non-hydrogen) atoms. The van der Waals surface area contributed by atoms with Crippen LogP contribution in [0.25, 0.3) is 0 Å². The number of carbonyl (C=O) groups excluding carboxylic acids is 4. The molecule has 6 N–H and O–H groups in total. The van der Waals surface area contributed by atoms with Crippen LogP contribution in [0.1, 0.15) is 239 Å². The summed E-state index contributed by atoms with van der Waals surface area (Å²) in [5.74, 6) is -1.50. The summed E-state index contributed by atoms with van der Waals surface area (Å²) in [6.45, 7) is 7.19. The van der Waals surface area contributed by atoms with Gasteiger partial charge in [-0.05, 0) is 32.3 Å². The number of rotatable bonds is 42. The standard InChI is InChI=1S/C56H100N4O9/c1-5-7-9-11-13-15-17-19-21-23-25-27-29-31-33-38-42-60(49(62)41-37-32-30-28-26-24-22-20-18-16-14-12-10-8-6-2)55-50(52(64)51(63)48(43-61)69-55)59-54(66)45(3)57-53(65)46(4)58-56(67)68-44-47-39-35-34-36-40-47/h34-36,39-40,45-46,48,50-52,55,61,63-64H,5-33,37-38,41-44H2,1-4H3,(H,57,65)(H,58,67)(H,59,66)/t45-,46-,48+,50+,51+,52+,55+/m0/s1. The molecule has 7 atom stereocenters. The highest BCUT2D eigenvalue weighted by Crippen LogP contribution is 2.26. The van der Waals surface area contributed by atoms with Crippen molar-refractivity contribution in [2.75, 3.05) is 13.2 Å². The van der Waals surface area contributed by atoms with E-state index in [2.05, 4.69) is 29.8 Å². The van der Waals surface area contributed by atoms with Gasteiger partial charge in [0.15, 0.2) is 6.23 Å². The van der Waals surface area contributed by atoms with Crippen molar-refractivity contribution in [3.05, 3.63) is 35.9 Å². The van der Waals surface area contributed by atoms with Crippen LogP contribution in [0.2, 0.25) is 0 Å². The van der Waals surface area contributed by atoms with E-state index < -0.39 is 67.2 Å². The largest absolute Gasteiger partial charge is 0.445 e. The number of hydrogen-bond acceptors (Lipinski definition) is 9. The van der Waals surface area contributed by atoms with Crippen LogP contribution in [-0.2, 0) is 30.5 Å². The zero-order valence-electron chi connectivity index (χ0n) is 43.9. The Hall–Kier alpha value is -3.26. The molecule has 1 fully saturated rings. The van der Waals surface area contributed by atoms with Crippen LogP contribution in [0.4, 0.5) is 4.79 Å². The molecule has 398 valence electrons. The van der Waals surface area contributed by atoms with E-state index in [1.807, 2.05) is 30.3 Å². The highest BCUT2D eigenvalue weighted by atomic mass is 16.6. The van der Waals surface area contributed by atoms with Crippen molar-refractivity contribution < 1.29 is 44.0 Å². The fraction of sp³-hybridized carbons (Fsp3) is 0.821. The molecule has 13 heteroatoms. The number of benzene rings is 1. The van der Waals surface area contributed by atoms with E-state index in [1.54, 1.807) is 4.90 Å². The van der Waals surface area contributed by atoms with Gasteiger partial charge in [-0.25, -0.2) is 4.79 Å². The maximum Gasteiger partial charge on any atom is 0.408 e. The first-order valence-corrected chi connectivity index (χ1v) is 28.0. The summed E-state index contributed by atoms with van der Waals surface area (Å²) in [4.78, 5) is 54.9. The normalized spacial score (nSPS) is 18.9. The minimum absolute atomic E-state index is 0.0221. The summed E-state index contributed by atoms with van der Waals surface area (Å²) in [7, 11) is 0. The van der Waals surface area contributed by atoms with Crippen LogP contribution >= 0.6 is 0 Å². The predicted molar refractivity (Wildman–Crippen MR) is 277 cm³/mol. The molecular weight excluding hydrogens is 873 g/mol. The van der Waals surface area contributed by atoms with Crippen LogP contribution in [0.5, 0.6) is 0 Å². The van der Waals surface area contributed by atoms with Gasteiger partial charge in [-0.2, -0.15) is 0 Å².